The van der Waals surface area contributed by atoms with Crippen LogP contribution in [0.3, 0.4) is 0 Å². The third kappa shape index (κ3) is 4.03. The molecule has 1 aliphatic heterocycles. The van der Waals surface area contributed by atoms with Crippen LogP contribution in [-0.4, -0.2) is 56.1 Å². The normalized spacial score (nSPS) is 15.7. The van der Waals surface area contributed by atoms with Crippen LogP contribution in [0.4, 0.5) is 0 Å². The molecule has 0 spiro atoms. The van der Waals surface area contributed by atoms with E-state index in [0.29, 0.717) is 23.2 Å². The van der Waals surface area contributed by atoms with Crippen molar-refractivity contribution in [2.75, 3.05) is 39.4 Å². The Balaban J connectivity index is 1.91. The molecule has 1 aromatic rings. The molecule has 0 unspecified atom stereocenters. The number of carbonyl (C=O) groups is 2. The average molecular weight is 291 g/mol. The first-order chi connectivity index (χ1) is 10.1. The Morgan fingerprint density at radius 2 is 1.95 bits per heavy atom. The van der Waals surface area contributed by atoms with Gasteiger partial charge in [0, 0.05) is 37.3 Å². The predicted molar refractivity (Wildman–Crippen MR) is 79.3 cm³/mol. The van der Waals surface area contributed by atoms with Crippen LogP contribution in [0.5, 0.6) is 0 Å². The maximum Gasteiger partial charge on any atom is 0.251 e. The first-order valence-electron chi connectivity index (χ1n) is 7.07. The zero-order valence-corrected chi connectivity index (χ0v) is 12.2. The fourth-order valence-electron chi connectivity index (χ4n) is 2.40. The van der Waals surface area contributed by atoms with Crippen LogP contribution in [0.25, 0.3) is 0 Å². The van der Waals surface area contributed by atoms with Gasteiger partial charge in [-0.15, -0.1) is 0 Å². The zero-order chi connectivity index (χ0) is 15.2. The van der Waals surface area contributed by atoms with Crippen molar-refractivity contribution >= 4 is 11.8 Å². The number of morpholine rings is 1. The SMILES string of the molecule is Cc1c(C(N)=O)cccc1C(=O)NCCN1CCOCC1. The number of amides is 2. The first-order valence-corrected chi connectivity index (χ1v) is 7.07. The van der Waals surface area contributed by atoms with Crippen molar-refractivity contribution in [3.8, 4) is 0 Å². The van der Waals surface area contributed by atoms with E-state index < -0.39 is 5.91 Å². The number of hydrogen-bond donors (Lipinski definition) is 2. The summed E-state index contributed by atoms with van der Waals surface area (Å²) in [5.74, 6) is -0.695. The predicted octanol–water partition coefficient (Wildman–Crippen LogP) is 0.156. The van der Waals surface area contributed by atoms with Crippen LogP contribution in [0, 0.1) is 6.92 Å². The number of benzene rings is 1. The van der Waals surface area contributed by atoms with Crippen molar-refractivity contribution in [2.24, 2.45) is 5.73 Å². The highest BCUT2D eigenvalue weighted by Crippen LogP contribution is 2.13. The van der Waals surface area contributed by atoms with Crippen LogP contribution in [-0.2, 0) is 4.74 Å². The summed E-state index contributed by atoms with van der Waals surface area (Å²) in [6.07, 6.45) is 0. The third-order valence-corrected chi connectivity index (χ3v) is 3.66. The maximum atomic E-state index is 12.2. The molecule has 1 saturated heterocycles. The molecule has 114 valence electrons. The Morgan fingerprint density at radius 3 is 2.62 bits per heavy atom. The smallest absolute Gasteiger partial charge is 0.251 e. The molecular formula is C15H21N3O3. The lowest BCUT2D eigenvalue weighted by Gasteiger charge is -2.26. The van der Waals surface area contributed by atoms with E-state index in [4.69, 9.17) is 10.5 Å². The van der Waals surface area contributed by atoms with Crippen molar-refractivity contribution < 1.29 is 14.3 Å². The van der Waals surface area contributed by atoms with Crippen molar-refractivity contribution in [1.82, 2.24) is 10.2 Å². The van der Waals surface area contributed by atoms with Gasteiger partial charge in [0.2, 0.25) is 5.91 Å². The highest BCUT2D eigenvalue weighted by Gasteiger charge is 2.15. The van der Waals surface area contributed by atoms with Gasteiger partial charge in [0.15, 0.2) is 0 Å². The molecule has 6 heteroatoms. The quantitative estimate of drug-likeness (QED) is 0.809. The standard InChI is InChI=1S/C15H21N3O3/c1-11-12(14(16)19)3-2-4-13(11)15(20)17-5-6-18-7-9-21-10-8-18/h2-4H,5-10H2,1H3,(H2,16,19)(H,17,20). The van der Waals surface area contributed by atoms with Crippen molar-refractivity contribution in [2.45, 2.75) is 6.92 Å². The van der Waals surface area contributed by atoms with Gasteiger partial charge in [-0.05, 0) is 24.6 Å². The lowest BCUT2D eigenvalue weighted by atomic mass is 10.0. The van der Waals surface area contributed by atoms with E-state index in [1.165, 1.54) is 0 Å². The van der Waals surface area contributed by atoms with Gasteiger partial charge in [-0.3, -0.25) is 14.5 Å². The minimum absolute atomic E-state index is 0.177. The number of nitrogens with two attached hydrogens (primary N) is 1. The van der Waals surface area contributed by atoms with E-state index in [0.717, 1.165) is 32.8 Å². The lowest BCUT2D eigenvalue weighted by Crippen LogP contribution is -2.41. The van der Waals surface area contributed by atoms with E-state index in [-0.39, 0.29) is 5.91 Å². The topological polar surface area (TPSA) is 84.7 Å². The molecule has 0 aliphatic carbocycles. The Bertz CT molecular complexity index is 525. The highest BCUT2D eigenvalue weighted by atomic mass is 16.5. The fourth-order valence-corrected chi connectivity index (χ4v) is 2.40. The largest absolute Gasteiger partial charge is 0.379 e. The number of carbonyl (C=O) groups excluding carboxylic acids is 2. The van der Waals surface area contributed by atoms with Crippen molar-refractivity contribution in [1.29, 1.82) is 0 Å². The summed E-state index contributed by atoms with van der Waals surface area (Å²) in [5, 5.41) is 2.88. The van der Waals surface area contributed by atoms with E-state index in [9.17, 15) is 9.59 Å². The average Bonchev–Trinajstić information content (AvgIpc) is 2.48. The monoisotopic (exact) mass is 291 g/mol. The number of primary amides is 1. The van der Waals surface area contributed by atoms with E-state index in [1.807, 2.05) is 0 Å². The minimum Gasteiger partial charge on any atom is -0.379 e. The number of nitrogens with zero attached hydrogens (tertiary/aromatic N) is 1. The molecule has 21 heavy (non-hydrogen) atoms. The second-order valence-electron chi connectivity index (χ2n) is 5.05. The summed E-state index contributed by atoms with van der Waals surface area (Å²) in [5.41, 5.74) is 6.79. The van der Waals surface area contributed by atoms with Gasteiger partial charge >= 0.3 is 0 Å². The molecule has 0 radical (unpaired) electrons. The Kier molecular flexibility index (Phi) is 5.30. The van der Waals surface area contributed by atoms with Gasteiger partial charge in [-0.2, -0.15) is 0 Å². The van der Waals surface area contributed by atoms with Crippen LogP contribution >= 0.6 is 0 Å². The molecule has 0 aromatic heterocycles. The molecule has 2 amide bonds. The Hall–Kier alpha value is -1.92. The Labute approximate surface area is 124 Å². The molecule has 2 rings (SSSR count). The lowest BCUT2D eigenvalue weighted by molar-refractivity contribution is 0.0383. The van der Waals surface area contributed by atoms with Gasteiger partial charge in [0.25, 0.3) is 5.91 Å². The molecule has 0 saturated carbocycles. The molecule has 0 atom stereocenters. The van der Waals surface area contributed by atoms with Crippen LogP contribution in [0.15, 0.2) is 18.2 Å². The van der Waals surface area contributed by atoms with E-state index in [1.54, 1.807) is 25.1 Å². The molecule has 6 nitrogen and oxygen atoms in total. The summed E-state index contributed by atoms with van der Waals surface area (Å²) in [4.78, 5) is 25.7. The maximum absolute atomic E-state index is 12.2. The van der Waals surface area contributed by atoms with E-state index in [2.05, 4.69) is 10.2 Å². The minimum atomic E-state index is -0.518. The third-order valence-electron chi connectivity index (χ3n) is 3.66. The van der Waals surface area contributed by atoms with E-state index >= 15 is 0 Å². The van der Waals surface area contributed by atoms with Gasteiger partial charge in [-0.1, -0.05) is 6.07 Å². The number of hydrogen-bond acceptors (Lipinski definition) is 4. The summed E-state index contributed by atoms with van der Waals surface area (Å²) < 4.78 is 5.27. The molecule has 1 aromatic carbocycles. The van der Waals surface area contributed by atoms with Crippen LogP contribution in [0.2, 0.25) is 0 Å². The fraction of sp³-hybridized carbons (Fsp3) is 0.467. The molecule has 1 heterocycles. The highest BCUT2D eigenvalue weighted by molar-refractivity contribution is 6.01. The molecule has 1 fully saturated rings. The molecule has 3 N–H and O–H groups in total. The van der Waals surface area contributed by atoms with Crippen molar-refractivity contribution in [3.05, 3.63) is 34.9 Å². The number of rotatable bonds is 5. The second-order valence-corrected chi connectivity index (χ2v) is 5.05. The first kappa shape index (κ1) is 15.5. The van der Waals surface area contributed by atoms with Crippen LogP contribution < -0.4 is 11.1 Å². The molecule has 1 aliphatic rings. The summed E-state index contributed by atoms with van der Waals surface area (Å²) in [6.45, 7) is 6.37. The van der Waals surface area contributed by atoms with Crippen molar-refractivity contribution in [3.63, 3.8) is 0 Å². The van der Waals surface area contributed by atoms with Gasteiger partial charge in [0.05, 0.1) is 13.2 Å². The number of ether oxygens (including phenoxy) is 1. The number of nitrogens with one attached hydrogen (secondary N) is 1. The Morgan fingerprint density at radius 1 is 1.29 bits per heavy atom. The van der Waals surface area contributed by atoms with Gasteiger partial charge < -0.3 is 15.8 Å². The second kappa shape index (κ2) is 7.19. The molecule has 0 bridgehead atoms. The summed E-state index contributed by atoms with van der Waals surface area (Å²) in [7, 11) is 0. The summed E-state index contributed by atoms with van der Waals surface area (Å²) >= 11 is 0. The van der Waals surface area contributed by atoms with Gasteiger partial charge in [0.1, 0.15) is 0 Å². The summed E-state index contributed by atoms with van der Waals surface area (Å²) in [6, 6.07) is 5.00. The molecular weight excluding hydrogens is 270 g/mol. The van der Waals surface area contributed by atoms with Crippen LogP contribution in [0.1, 0.15) is 26.3 Å². The zero-order valence-electron chi connectivity index (χ0n) is 12.2. The van der Waals surface area contributed by atoms with Gasteiger partial charge in [-0.25, -0.2) is 0 Å².